The van der Waals surface area contributed by atoms with Crippen molar-refractivity contribution >= 4 is 11.6 Å². The zero-order valence-corrected chi connectivity index (χ0v) is 22.0. The Labute approximate surface area is 196 Å². The molecule has 2 heteroatoms. The highest BCUT2D eigenvalue weighted by Gasteiger charge is 2.70. The van der Waals surface area contributed by atoms with Gasteiger partial charge >= 0.3 is 0 Å². The lowest BCUT2D eigenvalue weighted by Gasteiger charge is -2.70. The van der Waals surface area contributed by atoms with Gasteiger partial charge < -0.3 is 0 Å². The van der Waals surface area contributed by atoms with Crippen molar-refractivity contribution < 1.29 is 9.59 Å². The second-order valence-corrected chi connectivity index (χ2v) is 15.0. The highest BCUT2D eigenvalue weighted by Crippen LogP contribution is 2.74. The molecule has 0 saturated heterocycles. The molecule has 0 bridgehead atoms. The smallest absolute Gasteiger partial charge is 0.159 e. The van der Waals surface area contributed by atoms with E-state index in [1.54, 1.807) is 0 Å². The molecule has 5 rings (SSSR count). The molecule has 0 heterocycles. The monoisotopic (exact) mass is 438 g/mol. The van der Waals surface area contributed by atoms with Crippen molar-refractivity contribution in [2.24, 2.45) is 50.2 Å². The van der Waals surface area contributed by atoms with Crippen LogP contribution >= 0.6 is 0 Å². The number of carbonyl (C=O) groups excluding carboxylic acids is 2. The third-order valence-corrected chi connectivity index (χ3v) is 12.5. The minimum absolute atomic E-state index is 0.00119. The van der Waals surface area contributed by atoms with Crippen molar-refractivity contribution in [1.82, 2.24) is 0 Å². The first-order chi connectivity index (χ1) is 14.6. The molecule has 2 nitrogen and oxygen atoms in total. The number of allylic oxidation sites excluding steroid dienone is 2. The Morgan fingerprint density at radius 1 is 0.812 bits per heavy atom. The first-order valence-corrected chi connectivity index (χ1v) is 13.4. The van der Waals surface area contributed by atoms with Gasteiger partial charge in [0.15, 0.2) is 5.78 Å². The number of Topliss-reactive ketones (excluding diaryl/α,β-unsaturated/α-hetero) is 1. The van der Waals surface area contributed by atoms with Gasteiger partial charge in [0.05, 0.1) is 0 Å². The molecule has 5 aliphatic rings. The van der Waals surface area contributed by atoms with E-state index < -0.39 is 0 Å². The molecule has 0 aromatic heterocycles. The van der Waals surface area contributed by atoms with Crippen LogP contribution in [0.4, 0.5) is 0 Å². The normalized spacial score (nSPS) is 51.6. The summed E-state index contributed by atoms with van der Waals surface area (Å²) in [6.07, 6.45) is 12.2. The molecule has 0 unspecified atom stereocenters. The molecule has 4 fully saturated rings. The summed E-state index contributed by atoms with van der Waals surface area (Å²) < 4.78 is 0. The van der Waals surface area contributed by atoms with Crippen molar-refractivity contribution in [2.75, 3.05) is 0 Å². The lowest BCUT2D eigenvalue weighted by atomic mass is 9.33. The molecule has 0 spiro atoms. The average Bonchev–Trinajstić information content (AvgIpc) is 2.68. The molecule has 0 aromatic rings. The maximum atomic E-state index is 14.2. The number of hydrogen-bond acceptors (Lipinski definition) is 2. The summed E-state index contributed by atoms with van der Waals surface area (Å²) in [6.45, 7) is 19.1. The Kier molecular flexibility index (Phi) is 4.57. The Bertz CT molecular complexity index is 908. The molecule has 5 aliphatic carbocycles. The lowest BCUT2D eigenvalue weighted by Crippen LogP contribution is -2.66. The molecular formula is C30H46O2. The van der Waals surface area contributed by atoms with E-state index in [1.807, 2.05) is 0 Å². The van der Waals surface area contributed by atoms with Crippen LogP contribution in [-0.4, -0.2) is 11.6 Å². The molecule has 0 radical (unpaired) electrons. The van der Waals surface area contributed by atoms with Gasteiger partial charge in [0.2, 0.25) is 0 Å². The molecular weight excluding hydrogens is 392 g/mol. The average molecular weight is 439 g/mol. The van der Waals surface area contributed by atoms with Crippen LogP contribution in [0.5, 0.6) is 0 Å². The summed E-state index contributed by atoms with van der Waals surface area (Å²) in [5.41, 5.74) is 1.95. The fraction of sp³-hybridized carbons (Fsp3) is 0.867. The van der Waals surface area contributed by atoms with Gasteiger partial charge in [0.25, 0.3) is 0 Å². The van der Waals surface area contributed by atoms with E-state index in [1.165, 1.54) is 37.7 Å². The number of carbonyl (C=O) groups is 2. The van der Waals surface area contributed by atoms with Gasteiger partial charge in [-0.15, -0.1) is 0 Å². The van der Waals surface area contributed by atoms with Crippen LogP contribution in [0, 0.1) is 50.2 Å². The van der Waals surface area contributed by atoms with E-state index in [0.29, 0.717) is 40.7 Å². The van der Waals surface area contributed by atoms with Crippen LogP contribution in [0.1, 0.15) is 113 Å². The molecule has 0 N–H and O–H groups in total. The third-order valence-electron chi connectivity index (χ3n) is 12.5. The van der Waals surface area contributed by atoms with Crippen LogP contribution in [0.15, 0.2) is 11.6 Å². The molecule has 0 amide bonds. The summed E-state index contributed by atoms with van der Waals surface area (Å²) >= 11 is 0. The molecule has 0 aromatic carbocycles. The molecule has 32 heavy (non-hydrogen) atoms. The Morgan fingerprint density at radius 3 is 2.16 bits per heavy atom. The molecule has 4 saturated carbocycles. The SMILES string of the molecule is CC1(C)CC[C@]2(C)CC[C@]3(C)C(=CC(=O)[C@@H]4[C@@]5(C)CCC(=O)C(C)(C)[C@@H]5CC[C@]43C)[C@H]2C1. The van der Waals surface area contributed by atoms with E-state index in [-0.39, 0.29) is 27.6 Å². The van der Waals surface area contributed by atoms with Gasteiger partial charge in [0.1, 0.15) is 5.78 Å². The number of hydrogen-bond donors (Lipinski definition) is 0. The topological polar surface area (TPSA) is 34.1 Å². The molecule has 0 aliphatic heterocycles. The van der Waals surface area contributed by atoms with Gasteiger partial charge in [-0.3, -0.25) is 9.59 Å². The lowest BCUT2D eigenvalue weighted by molar-refractivity contribution is -0.187. The van der Waals surface area contributed by atoms with Gasteiger partial charge in [-0.05, 0) is 96.4 Å². The van der Waals surface area contributed by atoms with E-state index in [2.05, 4.69) is 61.5 Å². The Hall–Kier alpha value is -0.920. The number of rotatable bonds is 0. The fourth-order valence-electron chi connectivity index (χ4n) is 10.1. The first kappa shape index (κ1) is 22.9. The van der Waals surface area contributed by atoms with Crippen LogP contribution in [-0.2, 0) is 9.59 Å². The van der Waals surface area contributed by atoms with Gasteiger partial charge in [0, 0.05) is 17.8 Å². The number of ketones is 2. The quantitative estimate of drug-likeness (QED) is 0.391. The van der Waals surface area contributed by atoms with Gasteiger partial charge in [-0.2, -0.15) is 0 Å². The number of fused-ring (bicyclic) bond motifs is 7. The van der Waals surface area contributed by atoms with Crippen LogP contribution in [0.25, 0.3) is 0 Å². The predicted molar refractivity (Wildman–Crippen MR) is 130 cm³/mol. The zero-order valence-electron chi connectivity index (χ0n) is 22.0. The van der Waals surface area contributed by atoms with E-state index in [0.717, 1.165) is 19.3 Å². The van der Waals surface area contributed by atoms with E-state index in [9.17, 15) is 9.59 Å². The van der Waals surface area contributed by atoms with Crippen LogP contribution in [0.2, 0.25) is 0 Å². The maximum Gasteiger partial charge on any atom is 0.159 e. The van der Waals surface area contributed by atoms with Crippen molar-refractivity contribution in [3.05, 3.63) is 11.6 Å². The summed E-state index contributed by atoms with van der Waals surface area (Å²) in [5, 5.41) is 0. The van der Waals surface area contributed by atoms with Gasteiger partial charge in [-0.25, -0.2) is 0 Å². The highest BCUT2D eigenvalue weighted by atomic mass is 16.1. The van der Waals surface area contributed by atoms with Crippen molar-refractivity contribution in [1.29, 1.82) is 0 Å². The standard InChI is InChI=1S/C30H46O2/c1-25(2)13-14-27(5)15-16-29(7)19(20(27)18-25)17-21(31)24-28(6)11-10-23(32)26(3,4)22(28)9-12-30(24,29)8/h17,20,22,24H,9-16,18H2,1-8H3/t20-,22+,24-,27-,28+,29-,30-/m1/s1. The minimum atomic E-state index is -0.308. The largest absolute Gasteiger partial charge is 0.299 e. The van der Waals surface area contributed by atoms with E-state index >= 15 is 0 Å². The van der Waals surface area contributed by atoms with Gasteiger partial charge in [-0.1, -0.05) is 61.0 Å². The molecule has 7 atom stereocenters. The van der Waals surface area contributed by atoms with Crippen LogP contribution < -0.4 is 0 Å². The summed E-state index contributed by atoms with van der Waals surface area (Å²) in [5.74, 6) is 1.72. The van der Waals surface area contributed by atoms with Crippen LogP contribution in [0.3, 0.4) is 0 Å². The zero-order chi connectivity index (χ0) is 23.5. The fourth-order valence-corrected chi connectivity index (χ4v) is 10.1. The van der Waals surface area contributed by atoms with Crippen molar-refractivity contribution in [2.45, 2.75) is 113 Å². The second kappa shape index (κ2) is 6.39. The van der Waals surface area contributed by atoms with E-state index in [4.69, 9.17) is 0 Å². The maximum absolute atomic E-state index is 14.2. The second-order valence-electron chi connectivity index (χ2n) is 15.0. The minimum Gasteiger partial charge on any atom is -0.299 e. The summed E-state index contributed by atoms with van der Waals surface area (Å²) in [4.78, 5) is 27.0. The van der Waals surface area contributed by atoms with Crippen molar-refractivity contribution in [3.63, 3.8) is 0 Å². The molecule has 178 valence electrons. The third kappa shape index (κ3) is 2.65. The Morgan fingerprint density at radius 2 is 1.47 bits per heavy atom. The highest BCUT2D eigenvalue weighted by molar-refractivity contribution is 5.96. The summed E-state index contributed by atoms with van der Waals surface area (Å²) in [7, 11) is 0. The Balaban J connectivity index is 1.64. The predicted octanol–water partition coefficient (Wildman–Crippen LogP) is 7.56. The first-order valence-electron chi connectivity index (χ1n) is 13.4. The van der Waals surface area contributed by atoms with Crippen molar-refractivity contribution in [3.8, 4) is 0 Å². The summed E-state index contributed by atoms with van der Waals surface area (Å²) in [6, 6.07) is 0.